The zero-order chi connectivity index (χ0) is 12.8. The molecule has 1 aromatic heterocycles. The average molecular weight is 262 g/mol. The van der Waals surface area contributed by atoms with Gasteiger partial charge in [0.25, 0.3) is 0 Å². The standard InChI is InChI=1S/C14H16ClN3/c1-2-5-12-8-14(18-10-17-12)16-9-11-6-3-4-7-13(11)15/h3-4,6-8,10H,2,5,9H2,1H3,(H,16,17,18). The lowest BCUT2D eigenvalue weighted by Crippen LogP contribution is -2.03. The van der Waals surface area contributed by atoms with Gasteiger partial charge in [0.2, 0.25) is 0 Å². The highest BCUT2D eigenvalue weighted by atomic mass is 35.5. The minimum Gasteiger partial charge on any atom is -0.366 e. The van der Waals surface area contributed by atoms with Crippen LogP contribution in [-0.4, -0.2) is 9.97 Å². The van der Waals surface area contributed by atoms with Gasteiger partial charge < -0.3 is 5.32 Å². The van der Waals surface area contributed by atoms with E-state index >= 15 is 0 Å². The number of nitrogens with one attached hydrogen (secondary N) is 1. The van der Waals surface area contributed by atoms with Crippen LogP contribution >= 0.6 is 11.6 Å². The molecule has 4 heteroatoms. The van der Waals surface area contributed by atoms with E-state index in [0.717, 1.165) is 34.9 Å². The van der Waals surface area contributed by atoms with Crippen LogP contribution in [-0.2, 0) is 13.0 Å². The van der Waals surface area contributed by atoms with Gasteiger partial charge in [-0.2, -0.15) is 0 Å². The molecule has 18 heavy (non-hydrogen) atoms. The van der Waals surface area contributed by atoms with Crippen molar-refractivity contribution in [1.82, 2.24) is 9.97 Å². The highest BCUT2D eigenvalue weighted by molar-refractivity contribution is 6.31. The minimum absolute atomic E-state index is 0.669. The Morgan fingerprint density at radius 1 is 1.22 bits per heavy atom. The number of benzene rings is 1. The average Bonchev–Trinajstić information content (AvgIpc) is 2.39. The van der Waals surface area contributed by atoms with Crippen molar-refractivity contribution in [3.05, 3.63) is 52.9 Å². The third-order valence-electron chi connectivity index (χ3n) is 2.65. The monoisotopic (exact) mass is 261 g/mol. The van der Waals surface area contributed by atoms with Crippen molar-refractivity contribution < 1.29 is 0 Å². The molecule has 0 fully saturated rings. The molecule has 1 heterocycles. The fraction of sp³-hybridized carbons (Fsp3) is 0.286. The zero-order valence-corrected chi connectivity index (χ0v) is 11.1. The topological polar surface area (TPSA) is 37.8 Å². The number of anilines is 1. The summed E-state index contributed by atoms with van der Waals surface area (Å²) in [6, 6.07) is 9.78. The van der Waals surface area contributed by atoms with Gasteiger partial charge in [-0.25, -0.2) is 9.97 Å². The Morgan fingerprint density at radius 2 is 2.06 bits per heavy atom. The molecule has 2 aromatic rings. The summed E-state index contributed by atoms with van der Waals surface area (Å²) >= 11 is 6.10. The van der Waals surface area contributed by atoms with E-state index in [0.29, 0.717) is 6.54 Å². The fourth-order valence-electron chi connectivity index (χ4n) is 1.71. The van der Waals surface area contributed by atoms with Gasteiger partial charge >= 0.3 is 0 Å². The first-order valence-electron chi connectivity index (χ1n) is 6.08. The van der Waals surface area contributed by atoms with Crippen LogP contribution in [0.5, 0.6) is 0 Å². The van der Waals surface area contributed by atoms with Crippen LogP contribution in [0.3, 0.4) is 0 Å². The van der Waals surface area contributed by atoms with E-state index in [9.17, 15) is 0 Å². The van der Waals surface area contributed by atoms with Crippen molar-refractivity contribution in [2.45, 2.75) is 26.3 Å². The van der Waals surface area contributed by atoms with Crippen molar-refractivity contribution in [2.24, 2.45) is 0 Å². The summed E-state index contributed by atoms with van der Waals surface area (Å²) in [5, 5.41) is 4.04. The summed E-state index contributed by atoms with van der Waals surface area (Å²) in [5.41, 5.74) is 2.13. The van der Waals surface area contributed by atoms with Crippen LogP contribution in [0.15, 0.2) is 36.7 Å². The van der Waals surface area contributed by atoms with E-state index in [1.165, 1.54) is 0 Å². The maximum absolute atomic E-state index is 6.10. The van der Waals surface area contributed by atoms with Gasteiger partial charge in [-0.1, -0.05) is 43.1 Å². The Hall–Kier alpha value is -1.61. The molecule has 0 saturated heterocycles. The molecule has 1 N–H and O–H groups in total. The highest BCUT2D eigenvalue weighted by Gasteiger charge is 2.01. The molecule has 0 aliphatic carbocycles. The van der Waals surface area contributed by atoms with Crippen molar-refractivity contribution in [3.63, 3.8) is 0 Å². The van der Waals surface area contributed by atoms with Crippen LogP contribution in [0, 0.1) is 0 Å². The smallest absolute Gasteiger partial charge is 0.129 e. The Labute approximate surface area is 112 Å². The molecule has 2 rings (SSSR count). The predicted molar refractivity (Wildman–Crippen MR) is 74.8 cm³/mol. The summed E-state index contributed by atoms with van der Waals surface area (Å²) < 4.78 is 0. The summed E-state index contributed by atoms with van der Waals surface area (Å²) in [4.78, 5) is 8.43. The fourth-order valence-corrected chi connectivity index (χ4v) is 1.92. The predicted octanol–water partition coefficient (Wildman–Crippen LogP) is 3.69. The number of hydrogen-bond acceptors (Lipinski definition) is 3. The van der Waals surface area contributed by atoms with Crippen molar-refractivity contribution in [2.75, 3.05) is 5.32 Å². The van der Waals surface area contributed by atoms with Crippen LogP contribution < -0.4 is 5.32 Å². The SMILES string of the molecule is CCCc1cc(NCc2ccccc2Cl)ncn1. The molecule has 0 radical (unpaired) electrons. The molecule has 94 valence electrons. The quantitative estimate of drug-likeness (QED) is 0.892. The van der Waals surface area contributed by atoms with Gasteiger partial charge in [-0.3, -0.25) is 0 Å². The zero-order valence-electron chi connectivity index (χ0n) is 10.4. The Balaban J connectivity index is 2.02. The summed E-state index contributed by atoms with van der Waals surface area (Å²) in [6.07, 6.45) is 3.66. The van der Waals surface area contributed by atoms with Gasteiger partial charge in [-0.15, -0.1) is 0 Å². The molecule has 1 aromatic carbocycles. The van der Waals surface area contributed by atoms with E-state index in [4.69, 9.17) is 11.6 Å². The molecule has 0 amide bonds. The lowest BCUT2D eigenvalue weighted by molar-refractivity contribution is 0.871. The van der Waals surface area contributed by atoms with Gasteiger partial charge in [0.05, 0.1) is 0 Å². The van der Waals surface area contributed by atoms with Gasteiger partial charge in [0.15, 0.2) is 0 Å². The first-order valence-corrected chi connectivity index (χ1v) is 6.45. The van der Waals surface area contributed by atoms with E-state index < -0.39 is 0 Å². The third-order valence-corrected chi connectivity index (χ3v) is 3.02. The van der Waals surface area contributed by atoms with Crippen LogP contribution in [0.25, 0.3) is 0 Å². The largest absolute Gasteiger partial charge is 0.366 e. The van der Waals surface area contributed by atoms with E-state index in [1.807, 2.05) is 30.3 Å². The molecule has 0 aliphatic rings. The molecule has 0 bridgehead atoms. The summed E-state index contributed by atoms with van der Waals surface area (Å²) in [6.45, 7) is 2.81. The van der Waals surface area contributed by atoms with E-state index in [1.54, 1.807) is 6.33 Å². The lowest BCUT2D eigenvalue weighted by atomic mass is 10.2. The first kappa shape index (κ1) is 12.8. The van der Waals surface area contributed by atoms with Crippen LogP contribution in [0.2, 0.25) is 5.02 Å². The molecule has 0 unspecified atom stereocenters. The Morgan fingerprint density at radius 3 is 2.83 bits per heavy atom. The van der Waals surface area contributed by atoms with Gasteiger partial charge in [0, 0.05) is 23.3 Å². The number of rotatable bonds is 5. The molecule has 3 nitrogen and oxygen atoms in total. The normalized spacial score (nSPS) is 10.3. The first-order chi connectivity index (χ1) is 8.79. The number of halogens is 1. The van der Waals surface area contributed by atoms with Gasteiger partial charge in [-0.05, 0) is 18.1 Å². The number of aryl methyl sites for hydroxylation is 1. The minimum atomic E-state index is 0.669. The lowest BCUT2D eigenvalue weighted by Gasteiger charge is -2.08. The second-order valence-corrected chi connectivity index (χ2v) is 4.50. The second-order valence-electron chi connectivity index (χ2n) is 4.09. The number of hydrogen-bond donors (Lipinski definition) is 1. The van der Waals surface area contributed by atoms with Crippen LogP contribution in [0.4, 0.5) is 5.82 Å². The molecule has 0 spiro atoms. The third kappa shape index (κ3) is 3.44. The van der Waals surface area contributed by atoms with E-state index in [-0.39, 0.29) is 0 Å². The maximum atomic E-state index is 6.10. The summed E-state index contributed by atoms with van der Waals surface area (Å²) in [5.74, 6) is 0.841. The van der Waals surface area contributed by atoms with Crippen molar-refractivity contribution >= 4 is 17.4 Å². The Bertz CT molecular complexity index is 514. The highest BCUT2D eigenvalue weighted by Crippen LogP contribution is 2.16. The molecule has 0 atom stereocenters. The molecule has 0 saturated carbocycles. The number of aromatic nitrogens is 2. The molecular formula is C14H16ClN3. The van der Waals surface area contributed by atoms with Crippen LogP contribution in [0.1, 0.15) is 24.6 Å². The summed E-state index contributed by atoms with van der Waals surface area (Å²) in [7, 11) is 0. The van der Waals surface area contributed by atoms with Crippen molar-refractivity contribution in [1.29, 1.82) is 0 Å². The maximum Gasteiger partial charge on any atom is 0.129 e. The molecule has 0 aliphatic heterocycles. The van der Waals surface area contributed by atoms with E-state index in [2.05, 4.69) is 22.2 Å². The molecular weight excluding hydrogens is 246 g/mol. The second kappa shape index (κ2) is 6.36. The number of nitrogens with zero attached hydrogens (tertiary/aromatic N) is 2. The van der Waals surface area contributed by atoms with Gasteiger partial charge in [0.1, 0.15) is 12.1 Å². The van der Waals surface area contributed by atoms with Crippen molar-refractivity contribution in [3.8, 4) is 0 Å². The Kier molecular flexibility index (Phi) is 4.53.